The summed E-state index contributed by atoms with van der Waals surface area (Å²) in [6.45, 7) is 0.883. The topological polar surface area (TPSA) is 20.3 Å². The molecule has 16 heavy (non-hydrogen) atoms. The molecule has 4 rings (SSSR count). The second kappa shape index (κ2) is 2.88. The first-order valence-electron chi connectivity index (χ1n) is 6.23. The summed E-state index contributed by atoms with van der Waals surface area (Å²) < 4.78 is 0. The molecule has 2 heteroatoms. The molecule has 1 amide bonds. The van der Waals surface area contributed by atoms with Gasteiger partial charge >= 0.3 is 0 Å². The van der Waals surface area contributed by atoms with Gasteiger partial charge in [-0.05, 0) is 30.8 Å². The van der Waals surface area contributed by atoms with Gasteiger partial charge in [0.15, 0.2) is 0 Å². The lowest BCUT2D eigenvalue weighted by Crippen LogP contribution is -2.28. The van der Waals surface area contributed by atoms with Gasteiger partial charge in [0.2, 0.25) is 5.91 Å². The predicted molar refractivity (Wildman–Crippen MR) is 61.3 cm³/mol. The fourth-order valence-electron chi connectivity index (χ4n) is 3.96. The smallest absolute Gasteiger partial charge is 0.231 e. The van der Waals surface area contributed by atoms with Crippen LogP contribution in [0.1, 0.15) is 12.8 Å². The minimum atomic E-state index is 0.271. The van der Waals surface area contributed by atoms with Crippen LogP contribution in [0.15, 0.2) is 36.1 Å². The summed E-state index contributed by atoms with van der Waals surface area (Å²) in [6.07, 6.45) is 13.3. The van der Waals surface area contributed by atoms with Crippen molar-refractivity contribution in [1.82, 2.24) is 4.90 Å². The molecule has 0 aromatic heterocycles. The molecule has 2 heterocycles. The fourth-order valence-corrected chi connectivity index (χ4v) is 3.96. The molecule has 0 spiro atoms. The Bertz CT molecular complexity index is 446. The number of nitrogens with zero attached hydrogens (tertiary/aromatic N) is 1. The molecular formula is C14H15NO. The van der Waals surface area contributed by atoms with Gasteiger partial charge in [-0.1, -0.05) is 24.3 Å². The zero-order valence-electron chi connectivity index (χ0n) is 9.17. The lowest BCUT2D eigenvalue weighted by Gasteiger charge is -2.20. The van der Waals surface area contributed by atoms with Crippen LogP contribution in [-0.2, 0) is 4.79 Å². The van der Waals surface area contributed by atoms with Gasteiger partial charge in [-0.15, -0.1) is 0 Å². The fraction of sp³-hybridized carbons (Fsp3) is 0.500. The molecule has 0 N–H and O–H groups in total. The Morgan fingerprint density at radius 2 is 2.00 bits per heavy atom. The Morgan fingerprint density at radius 1 is 1.19 bits per heavy atom. The van der Waals surface area contributed by atoms with Gasteiger partial charge in [0.1, 0.15) is 0 Å². The molecule has 0 aromatic carbocycles. The summed E-state index contributed by atoms with van der Waals surface area (Å²) in [5, 5.41) is 0. The summed E-state index contributed by atoms with van der Waals surface area (Å²) in [4.78, 5) is 14.4. The summed E-state index contributed by atoms with van der Waals surface area (Å²) in [6, 6.07) is 0. The van der Waals surface area contributed by atoms with Crippen LogP contribution in [0.4, 0.5) is 0 Å². The first kappa shape index (κ1) is 8.80. The minimum absolute atomic E-state index is 0.271. The summed E-state index contributed by atoms with van der Waals surface area (Å²) in [5.74, 6) is 2.30. The monoisotopic (exact) mass is 213 g/mol. The molecule has 0 aromatic rings. The SMILES string of the molecule is O=C1[C@H]2[C@@H](C3=CC=CCCN13)[C@H]1C=C[C@@H]2C1. The Kier molecular flexibility index (Phi) is 1.58. The number of amides is 1. The Balaban J connectivity index is 1.83. The summed E-state index contributed by atoms with van der Waals surface area (Å²) in [7, 11) is 0. The van der Waals surface area contributed by atoms with Gasteiger partial charge in [-0.2, -0.15) is 0 Å². The van der Waals surface area contributed by atoms with Gasteiger partial charge in [0, 0.05) is 18.2 Å². The number of allylic oxidation sites excluding steroid dienone is 5. The van der Waals surface area contributed by atoms with E-state index in [0.29, 0.717) is 23.7 Å². The molecule has 0 unspecified atom stereocenters. The van der Waals surface area contributed by atoms with Crippen LogP contribution in [0.3, 0.4) is 0 Å². The minimum Gasteiger partial charge on any atom is -0.315 e. The molecule has 2 aliphatic carbocycles. The molecule has 2 fully saturated rings. The molecule has 0 radical (unpaired) electrons. The molecule has 4 aliphatic rings. The molecule has 4 atom stereocenters. The lowest BCUT2D eigenvalue weighted by atomic mass is 9.84. The van der Waals surface area contributed by atoms with E-state index < -0.39 is 0 Å². The predicted octanol–water partition coefficient (Wildman–Crippen LogP) is 2.11. The first-order chi connectivity index (χ1) is 7.86. The van der Waals surface area contributed by atoms with E-state index in [9.17, 15) is 4.79 Å². The third kappa shape index (κ3) is 0.909. The second-order valence-electron chi connectivity index (χ2n) is 5.30. The van der Waals surface area contributed by atoms with Crippen molar-refractivity contribution in [2.24, 2.45) is 23.7 Å². The number of hydrogen-bond donors (Lipinski definition) is 0. The van der Waals surface area contributed by atoms with Gasteiger partial charge < -0.3 is 4.90 Å². The van der Waals surface area contributed by atoms with Crippen molar-refractivity contribution in [2.45, 2.75) is 12.8 Å². The quantitative estimate of drug-likeness (QED) is 0.564. The zero-order chi connectivity index (χ0) is 10.7. The zero-order valence-corrected chi connectivity index (χ0v) is 9.17. The number of rotatable bonds is 0. The van der Waals surface area contributed by atoms with E-state index in [-0.39, 0.29) is 5.92 Å². The van der Waals surface area contributed by atoms with Crippen molar-refractivity contribution in [2.75, 3.05) is 6.54 Å². The average molecular weight is 213 g/mol. The van der Waals surface area contributed by atoms with E-state index >= 15 is 0 Å². The van der Waals surface area contributed by atoms with Crippen LogP contribution in [0.25, 0.3) is 0 Å². The van der Waals surface area contributed by atoms with Crippen LogP contribution < -0.4 is 0 Å². The van der Waals surface area contributed by atoms with Crippen molar-refractivity contribution in [3.05, 3.63) is 36.1 Å². The molecule has 1 saturated carbocycles. The van der Waals surface area contributed by atoms with Crippen LogP contribution in [0.5, 0.6) is 0 Å². The highest BCUT2D eigenvalue weighted by Gasteiger charge is 2.56. The highest BCUT2D eigenvalue weighted by molar-refractivity contribution is 5.86. The number of carbonyl (C=O) groups excluding carboxylic acids is 1. The molecule has 1 saturated heterocycles. The van der Waals surface area contributed by atoms with E-state index in [1.165, 1.54) is 12.1 Å². The Morgan fingerprint density at radius 3 is 2.88 bits per heavy atom. The number of carbonyl (C=O) groups is 1. The van der Waals surface area contributed by atoms with Crippen LogP contribution in [-0.4, -0.2) is 17.4 Å². The molecule has 2 aliphatic heterocycles. The van der Waals surface area contributed by atoms with E-state index in [0.717, 1.165) is 13.0 Å². The molecule has 2 bridgehead atoms. The molecule has 82 valence electrons. The van der Waals surface area contributed by atoms with E-state index in [4.69, 9.17) is 0 Å². The van der Waals surface area contributed by atoms with E-state index in [2.05, 4.69) is 30.4 Å². The number of hydrogen-bond acceptors (Lipinski definition) is 1. The Labute approximate surface area is 95.3 Å². The van der Waals surface area contributed by atoms with E-state index in [1.807, 2.05) is 4.90 Å². The third-order valence-electron chi connectivity index (χ3n) is 4.59. The molecular weight excluding hydrogens is 198 g/mol. The molecule has 2 nitrogen and oxygen atoms in total. The largest absolute Gasteiger partial charge is 0.315 e. The van der Waals surface area contributed by atoms with Gasteiger partial charge in [0.25, 0.3) is 0 Å². The van der Waals surface area contributed by atoms with Gasteiger partial charge in [0.05, 0.1) is 5.92 Å². The first-order valence-corrected chi connectivity index (χ1v) is 6.23. The van der Waals surface area contributed by atoms with Crippen molar-refractivity contribution < 1.29 is 4.79 Å². The van der Waals surface area contributed by atoms with Gasteiger partial charge in [-0.25, -0.2) is 0 Å². The maximum atomic E-state index is 12.4. The maximum Gasteiger partial charge on any atom is 0.231 e. The van der Waals surface area contributed by atoms with Gasteiger partial charge in [-0.3, -0.25) is 4.79 Å². The normalized spacial score (nSPS) is 43.4. The van der Waals surface area contributed by atoms with Crippen LogP contribution in [0.2, 0.25) is 0 Å². The van der Waals surface area contributed by atoms with Crippen molar-refractivity contribution >= 4 is 5.91 Å². The van der Waals surface area contributed by atoms with Crippen molar-refractivity contribution in [3.8, 4) is 0 Å². The standard InChI is InChI=1S/C14H15NO/c16-14-13-10-6-5-9(8-10)12(13)11-4-2-1-3-7-15(11)14/h1-2,4-6,9-10,12-13H,3,7-8H2/t9-,10+,12+,13+/m0/s1. The van der Waals surface area contributed by atoms with E-state index in [1.54, 1.807) is 0 Å². The highest BCUT2D eigenvalue weighted by atomic mass is 16.2. The average Bonchev–Trinajstić information content (AvgIpc) is 2.89. The van der Waals surface area contributed by atoms with Crippen LogP contribution in [0, 0.1) is 23.7 Å². The van der Waals surface area contributed by atoms with Crippen molar-refractivity contribution in [1.29, 1.82) is 0 Å². The summed E-state index contributed by atoms with van der Waals surface area (Å²) >= 11 is 0. The Hall–Kier alpha value is -1.31. The third-order valence-corrected chi connectivity index (χ3v) is 4.59. The second-order valence-corrected chi connectivity index (χ2v) is 5.30. The number of fused-ring (bicyclic) bond motifs is 7. The van der Waals surface area contributed by atoms with Crippen LogP contribution >= 0.6 is 0 Å². The lowest BCUT2D eigenvalue weighted by molar-refractivity contribution is -0.131. The highest BCUT2D eigenvalue weighted by Crippen LogP contribution is 2.56. The maximum absolute atomic E-state index is 12.4. The summed E-state index contributed by atoms with van der Waals surface area (Å²) in [5.41, 5.74) is 1.29. The van der Waals surface area contributed by atoms with Crippen molar-refractivity contribution in [3.63, 3.8) is 0 Å².